The number of ketones is 2. The van der Waals surface area contributed by atoms with E-state index in [1.807, 2.05) is 72.6 Å². The van der Waals surface area contributed by atoms with Crippen molar-refractivity contribution in [3.63, 3.8) is 0 Å². The van der Waals surface area contributed by atoms with E-state index in [2.05, 4.69) is 10.0 Å². The molecule has 4 rings (SSSR count). The van der Waals surface area contributed by atoms with Gasteiger partial charge >= 0.3 is 0 Å². The average Bonchev–Trinajstić information content (AvgIpc) is 3.22. The van der Waals surface area contributed by atoms with E-state index in [1.54, 1.807) is 6.92 Å². The molecule has 0 bridgehead atoms. The van der Waals surface area contributed by atoms with Crippen molar-refractivity contribution in [2.75, 3.05) is 9.91 Å². The van der Waals surface area contributed by atoms with Crippen LogP contribution in [-0.4, -0.2) is 20.9 Å². The summed E-state index contributed by atoms with van der Waals surface area (Å²) in [6.45, 7) is 5.04. The summed E-state index contributed by atoms with van der Waals surface area (Å²) >= 11 is 2.82. The number of hydrogen-bond donors (Lipinski definition) is 0. The summed E-state index contributed by atoms with van der Waals surface area (Å²) in [5.74, 6) is -0.0875. The Kier molecular flexibility index (Phi) is 4.81. The van der Waals surface area contributed by atoms with Gasteiger partial charge in [-0.2, -0.15) is 5.10 Å². The zero-order chi connectivity index (χ0) is 19.9. The largest absolute Gasteiger partial charge is 0.301 e. The lowest BCUT2D eigenvalue weighted by Crippen LogP contribution is -2.49. The highest BCUT2D eigenvalue weighted by Crippen LogP contribution is 2.60. The fourth-order valence-electron chi connectivity index (χ4n) is 3.31. The second-order valence-corrected chi connectivity index (χ2v) is 9.10. The van der Waals surface area contributed by atoms with E-state index in [0.29, 0.717) is 9.95 Å². The number of anilines is 2. The lowest BCUT2D eigenvalue weighted by atomic mass is 10.2. The van der Waals surface area contributed by atoms with Crippen LogP contribution in [0.15, 0.2) is 76.4 Å². The van der Waals surface area contributed by atoms with Gasteiger partial charge in [-0.15, -0.1) is 0 Å². The fraction of sp³-hybridized carbons (Fsp3) is 0.190. The maximum absolute atomic E-state index is 12.4. The highest BCUT2D eigenvalue weighted by Gasteiger charge is 2.57. The minimum atomic E-state index is -0.811. The molecule has 2 aromatic rings. The van der Waals surface area contributed by atoms with Crippen molar-refractivity contribution in [1.82, 2.24) is 0 Å². The van der Waals surface area contributed by atoms with Crippen molar-refractivity contribution in [2.45, 2.75) is 25.1 Å². The number of allylic oxidation sites excluding steroid dienone is 2. The van der Waals surface area contributed by atoms with Crippen LogP contribution in [0.5, 0.6) is 0 Å². The van der Waals surface area contributed by atoms with Gasteiger partial charge in [0.25, 0.3) is 0 Å². The molecule has 0 saturated heterocycles. The van der Waals surface area contributed by atoms with E-state index < -0.39 is 4.33 Å². The third-order valence-corrected chi connectivity index (χ3v) is 7.60. The number of carbonyl (C=O) groups is 2. The lowest BCUT2D eigenvalue weighted by molar-refractivity contribution is -0.113. The van der Waals surface area contributed by atoms with Crippen LogP contribution in [-0.2, 0) is 9.59 Å². The molecule has 0 N–H and O–H groups in total. The molecule has 2 heterocycles. The summed E-state index contributed by atoms with van der Waals surface area (Å²) in [6, 6.07) is 19.6. The van der Waals surface area contributed by atoms with Crippen molar-refractivity contribution >= 4 is 51.5 Å². The minimum absolute atomic E-state index is 0.00481. The molecule has 1 atom stereocenters. The maximum atomic E-state index is 12.4. The molecule has 5 nitrogen and oxygen atoms in total. The van der Waals surface area contributed by atoms with Gasteiger partial charge in [-0.05, 0) is 49.9 Å². The standard InChI is InChI=1S/C21H19N3O2S2/c1-14-19(15(2)25)27-21(23(14)17-10-6-4-7-11-17)24(18-12-8-5-9-13-18)22-20(28-21)16(3)26/h4-13H,1-3H3/t21-/m1/s1. The van der Waals surface area contributed by atoms with E-state index in [4.69, 9.17) is 0 Å². The summed E-state index contributed by atoms with van der Waals surface area (Å²) in [4.78, 5) is 27.4. The smallest absolute Gasteiger partial charge is 0.245 e. The third kappa shape index (κ3) is 2.95. The molecule has 142 valence electrons. The van der Waals surface area contributed by atoms with Gasteiger partial charge in [-0.25, -0.2) is 5.01 Å². The molecule has 0 aliphatic carbocycles. The van der Waals surface area contributed by atoms with Gasteiger partial charge in [0, 0.05) is 18.3 Å². The second kappa shape index (κ2) is 7.14. The first-order chi connectivity index (χ1) is 13.4. The summed E-state index contributed by atoms with van der Waals surface area (Å²) in [6.07, 6.45) is 0. The number of hydrazone groups is 1. The first kappa shape index (κ1) is 18.8. The molecule has 2 aromatic carbocycles. The Labute approximate surface area is 172 Å². The lowest BCUT2D eigenvalue weighted by Gasteiger charge is -2.41. The van der Waals surface area contributed by atoms with Gasteiger partial charge in [-0.1, -0.05) is 48.2 Å². The Balaban J connectivity index is 1.92. The first-order valence-corrected chi connectivity index (χ1v) is 10.5. The molecule has 0 radical (unpaired) electrons. The van der Waals surface area contributed by atoms with Gasteiger partial charge in [0.1, 0.15) is 0 Å². The van der Waals surface area contributed by atoms with E-state index >= 15 is 0 Å². The predicted octanol–water partition coefficient (Wildman–Crippen LogP) is 4.83. The molecule has 2 aliphatic rings. The Hall–Kier alpha value is -2.51. The maximum Gasteiger partial charge on any atom is 0.245 e. The number of Topliss-reactive ketones (excluding diaryl/α,β-unsaturated/α-hetero) is 2. The van der Waals surface area contributed by atoms with Crippen LogP contribution in [0.3, 0.4) is 0 Å². The molecule has 0 amide bonds. The van der Waals surface area contributed by atoms with Crippen LogP contribution in [0.25, 0.3) is 0 Å². The van der Waals surface area contributed by atoms with E-state index in [9.17, 15) is 9.59 Å². The Morgan fingerprint density at radius 2 is 1.43 bits per heavy atom. The topological polar surface area (TPSA) is 53.0 Å². The molecular formula is C21H19N3O2S2. The normalized spacial score (nSPS) is 21.5. The Morgan fingerprint density at radius 1 is 0.857 bits per heavy atom. The zero-order valence-electron chi connectivity index (χ0n) is 15.7. The number of benzene rings is 2. The number of rotatable bonds is 4. The molecular weight excluding hydrogens is 390 g/mol. The van der Waals surface area contributed by atoms with Gasteiger partial charge in [0.15, 0.2) is 16.6 Å². The molecule has 28 heavy (non-hydrogen) atoms. The van der Waals surface area contributed by atoms with Gasteiger partial charge < -0.3 is 4.90 Å². The quantitative estimate of drug-likeness (QED) is 0.721. The third-order valence-electron chi connectivity index (χ3n) is 4.51. The van der Waals surface area contributed by atoms with Crippen LogP contribution >= 0.6 is 23.5 Å². The van der Waals surface area contributed by atoms with E-state index in [-0.39, 0.29) is 11.6 Å². The Morgan fingerprint density at radius 3 is 1.96 bits per heavy atom. The summed E-state index contributed by atoms with van der Waals surface area (Å²) < 4.78 is -0.811. The van der Waals surface area contributed by atoms with Crippen molar-refractivity contribution in [1.29, 1.82) is 0 Å². The fourth-order valence-corrected chi connectivity index (χ4v) is 6.26. The molecule has 0 unspecified atom stereocenters. The summed E-state index contributed by atoms with van der Waals surface area (Å²) in [5.41, 5.74) is 2.66. The number of thioether (sulfide) groups is 2. The van der Waals surface area contributed by atoms with Crippen molar-refractivity contribution < 1.29 is 9.59 Å². The molecule has 0 fully saturated rings. The van der Waals surface area contributed by atoms with E-state index in [0.717, 1.165) is 17.1 Å². The van der Waals surface area contributed by atoms with Gasteiger partial charge in [0.05, 0.1) is 10.6 Å². The highest BCUT2D eigenvalue weighted by atomic mass is 32.2. The first-order valence-electron chi connectivity index (χ1n) is 8.84. The van der Waals surface area contributed by atoms with Crippen molar-refractivity contribution in [3.05, 3.63) is 71.3 Å². The molecule has 2 aliphatic heterocycles. The Bertz CT molecular complexity index is 1000. The highest BCUT2D eigenvalue weighted by molar-refractivity contribution is 8.29. The number of para-hydroxylation sites is 2. The average molecular weight is 410 g/mol. The van der Waals surface area contributed by atoms with Crippen molar-refractivity contribution in [3.8, 4) is 0 Å². The van der Waals surface area contributed by atoms with Crippen LogP contribution in [0.4, 0.5) is 11.4 Å². The van der Waals surface area contributed by atoms with Crippen LogP contribution in [0, 0.1) is 0 Å². The monoisotopic (exact) mass is 409 g/mol. The molecule has 0 aromatic heterocycles. The molecule has 1 spiro atoms. The predicted molar refractivity (Wildman–Crippen MR) is 117 cm³/mol. The second-order valence-electron chi connectivity index (χ2n) is 6.50. The number of hydrogen-bond acceptors (Lipinski definition) is 7. The summed E-state index contributed by atoms with van der Waals surface area (Å²) in [5, 5.41) is 6.94. The number of carbonyl (C=O) groups excluding carboxylic acids is 2. The molecule has 7 heteroatoms. The summed E-state index contributed by atoms with van der Waals surface area (Å²) in [7, 11) is 0. The van der Waals surface area contributed by atoms with E-state index in [1.165, 1.54) is 30.4 Å². The van der Waals surface area contributed by atoms with Gasteiger partial charge in [-0.3, -0.25) is 9.59 Å². The number of nitrogens with zero attached hydrogens (tertiary/aromatic N) is 3. The van der Waals surface area contributed by atoms with Crippen LogP contribution in [0.2, 0.25) is 0 Å². The van der Waals surface area contributed by atoms with Gasteiger partial charge in [0.2, 0.25) is 4.33 Å². The SMILES string of the molecule is CC(=O)C1=NN(c2ccccc2)[C@@]2(S1)SC(C(C)=O)=C(C)N2c1ccccc1. The van der Waals surface area contributed by atoms with Crippen LogP contribution < -0.4 is 9.91 Å². The van der Waals surface area contributed by atoms with Crippen molar-refractivity contribution in [2.24, 2.45) is 5.10 Å². The minimum Gasteiger partial charge on any atom is -0.301 e. The zero-order valence-corrected chi connectivity index (χ0v) is 17.4. The molecule has 0 saturated carbocycles. The van der Waals surface area contributed by atoms with Crippen LogP contribution in [0.1, 0.15) is 20.8 Å².